The average Bonchev–Trinajstić information content (AvgIpc) is 2.94. The lowest BCUT2D eigenvalue weighted by atomic mass is 10.1. The first-order valence-corrected chi connectivity index (χ1v) is 7.88. The topological polar surface area (TPSA) is 72.7 Å². The Morgan fingerprint density at radius 1 is 1.28 bits per heavy atom. The summed E-state index contributed by atoms with van der Waals surface area (Å²) in [5.74, 6) is 2.74. The van der Waals surface area contributed by atoms with E-state index in [0.717, 1.165) is 5.56 Å². The number of amides is 1. The molecule has 0 bridgehead atoms. The zero-order valence-electron chi connectivity index (χ0n) is 13.0. The molecule has 3 rings (SSSR count). The normalized spacial score (nSPS) is 16.1. The van der Waals surface area contributed by atoms with Gasteiger partial charge in [-0.1, -0.05) is 41.9 Å². The Hall–Kier alpha value is -3.04. The van der Waals surface area contributed by atoms with Crippen molar-refractivity contribution in [3.8, 4) is 12.0 Å². The predicted octanol–water partition coefficient (Wildman–Crippen LogP) is 3.62. The predicted molar refractivity (Wildman–Crippen MR) is 92.1 cm³/mol. The molecule has 25 heavy (non-hydrogen) atoms. The molecule has 2 aromatic rings. The number of ether oxygens (including phenoxy) is 1. The average molecular weight is 357 g/mol. The molecule has 0 saturated carbocycles. The van der Waals surface area contributed by atoms with Gasteiger partial charge in [0, 0.05) is 18.2 Å². The maximum atomic E-state index is 11.9. The Kier molecular flexibility index (Phi) is 4.87. The lowest BCUT2D eigenvalue weighted by Gasteiger charge is -2.14. The summed E-state index contributed by atoms with van der Waals surface area (Å²) < 4.78 is 5.07. The fraction of sp³-hybridized carbons (Fsp3) is 0.167. The van der Waals surface area contributed by atoms with E-state index >= 15 is 0 Å². The summed E-state index contributed by atoms with van der Waals surface area (Å²) in [6.07, 6.45) is 0.0687. The van der Waals surface area contributed by atoms with Crippen LogP contribution < -0.4 is 0 Å². The number of non-ortho nitro benzene ring substituents is 1. The number of benzene rings is 2. The van der Waals surface area contributed by atoms with E-state index in [1.165, 1.54) is 23.1 Å². The van der Waals surface area contributed by atoms with Crippen LogP contribution in [0.15, 0.2) is 48.5 Å². The second-order valence-electron chi connectivity index (χ2n) is 5.45. The number of nitrogens with zero attached hydrogens (tertiary/aromatic N) is 2. The second kappa shape index (κ2) is 7.24. The summed E-state index contributed by atoms with van der Waals surface area (Å²) in [5.41, 5.74) is 1.23. The number of carbonyl (C=O) groups excluding carboxylic acids is 1. The van der Waals surface area contributed by atoms with Crippen LogP contribution >= 0.6 is 11.6 Å². The van der Waals surface area contributed by atoms with Gasteiger partial charge in [-0.3, -0.25) is 10.1 Å². The standard InChI is InChI=1S/C18H13ClN2O4/c19-17-7-6-15(21(23)24)11-14(17)8-9-20-16(12-25-18(20)22)10-13-4-2-1-3-5-13/h1-7,11,16H,10,12H2/t16-/m0/s1. The third-order valence-electron chi connectivity index (χ3n) is 3.75. The van der Waals surface area contributed by atoms with Crippen molar-refractivity contribution in [2.75, 3.05) is 6.61 Å². The molecule has 0 aromatic heterocycles. The zero-order chi connectivity index (χ0) is 17.8. The van der Waals surface area contributed by atoms with E-state index in [4.69, 9.17) is 16.3 Å². The number of hydrogen-bond donors (Lipinski definition) is 0. The lowest BCUT2D eigenvalue weighted by Crippen LogP contribution is -2.30. The van der Waals surface area contributed by atoms with Crippen LogP contribution in [-0.2, 0) is 11.2 Å². The van der Waals surface area contributed by atoms with Crippen LogP contribution in [0.3, 0.4) is 0 Å². The molecular weight excluding hydrogens is 344 g/mol. The first kappa shape index (κ1) is 16.8. The first-order chi connectivity index (χ1) is 12.0. The number of hydrogen-bond acceptors (Lipinski definition) is 4. The SMILES string of the molecule is O=C1OC[C@H](Cc2ccccc2)N1C#Cc1cc([N+](=O)[O-])ccc1Cl. The molecule has 0 spiro atoms. The molecule has 6 nitrogen and oxygen atoms in total. The third-order valence-corrected chi connectivity index (χ3v) is 4.08. The van der Waals surface area contributed by atoms with Crippen molar-refractivity contribution in [2.45, 2.75) is 12.5 Å². The molecule has 126 valence electrons. The quantitative estimate of drug-likeness (QED) is 0.478. The van der Waals surface area contributed by atoms with Gasteiger partial charge in [-0.15, -0.1) is 0 Å². The fourth-order valence-corrected chi connectivity index (χ4v) is 2.64. The van der Waals surface area contributed by atoms with Gasteiger partial charge in [0.05, 0.1) is 21.6 Å². The lowest BCUT2D eigenvalue weighted by molar-refractivity contribution is -0.384. The van der Waals surface area contributed by atoms with Crippen molar-refractivity contribution in [1.29, 1.82) is 0 Å². The van der Waals surface area contributed by atoms with E-state index in [2.05, 4.69) is 12.0 Å². The Labute approximate surface area is 149 Å². The highest BCUT2D eigenvalue weighted by molar-refractivity contribution is 6.31. The molecule has 1 heterocycles. The van der Waals surface area contributed by atoms with Gasteiger partial charge in [0.25, 0.3) is 5.69 Å². The van der Waals surface area contributed by atoms with E-state index in [-0.39, 0.29) is 28.9 Å². The van der Waals surface area contributed by atoms with Crippen molar-refractivity contribution in [2.24, 2.45) is 0 Å². The van der Waals surface area contributed by atoms with Gasteiger partial charge in [-0.2, -0.15) is 0 Å². The molecule has 0 N–H and O–H groups in total. The molecule has 0 unspecified atom stereocenters. The van der Waals surface area contributed by atoms with Crippen molar-refractivity contribution < 1.29 is 14.5 Å². The molecule has 1 aliphatic rings. The zero-order valence-corrected chi connectivity index (χ0v) is 13.8. The summed E-state index contributed by atoms with van der Waals surface area (Å²) >= 11 is 6.03. The Morgan fingerprint density at radius 3 is 2.76 bits per heavy atom. The molecule has 2 aromatic carbocycles. The first-order valence-electron chi connectivity index (χ1n) is 7.50. The largest absolute Gasteiger partial charge is 0.446 e. The summed E-state index contributed by atoms with van der Waals surface area (Å²) in [7, 11) is 0. The third kappa shape index (κ3) is 3.90. The van der Waals surface area contributed by atoms with Crippen molar-refractivity contribution in [3.63, 3.8) is 0 Å². The number of cyclic esters (lactones) is 1. The molecule has 1 atom stereocenters. The van der Waals surface area contributed by atoms with Crippen LogP contribution in [0, 0.1) is 22.1 Å². The van der Waals surface area contributed by atoms with E-state index < -0.39 is 11.0 Å². The Balaban J connectivity index is 1.83. The minimum absolute atomic E-state index is 0.112. The molecule has 1 fully saturated rings. The Bertz CT molecular complexity index is 874. The van der Waals surface area contributed by atoms with Gasteiger partial charge >= 0.3 is 6.09 Å². The van der Waals surface area contributed by atoms with Crippen molar-refractivity contribution in [3.05, 3.63) is 74.8 Å². The van der Waals surface area contributed by atoms with Crippen LogP contribution in [0.5, 0.6) is 0 Å². The minimum Gasteiger partial charge on any atom is -0.446 e. The summed E-state index contributed by atoms with van der Waals surface area (Å²) in [6, 6.07) is 16.2. The number of nitro groups is 1. The molecule has 0 aliphatic carbocycles. The van der Waals surface area contributed by atoms with E-state index in [1.54, 1.807) is 0 Å². The molecular formula is C18H13ClN2O4. The van der Waals surface area contributed by atoms with Gasteiger partial charge in [-0.05, 0) is 24.0 Å². The van der Waals surface area contributed by atoms with E-state index in [9.17, 15) is 14.9 Å². The van der Waals surface area contributed by atoms with Crippen LogP contribution in [-0.4, -0.2) is 28.6 Å². The highest BCUT2D eigenvalue weighted by Crippen LogP contribution is 2.22. The maximum absolute atomic E-state index is 11.9. The van der Waals surface area contributed by atoms with E-state index in [0.29, 0.717) is 6.42 Å². The number of nitro benzene ring substituents is 1. The highest BCUT2D eigenvalue weighted by Gasteiger charge is 2.32. The van der Waals surface area contributed by atoms with Crippen LogP contribution in [0.25, 0.3) is 0 Å². The van der Waals surface area contributed by atoms with Gasteiger partial charge in [0.1, 0.15) is 6.61 Å². The molecule has 1 aliphatic heterocycles. The number of rotatable bonds is 3. The Morgan fingerprint density at radius 2 is 2.04 bits per heavy atom. The van der Waals surface area contributed by atoms with Crippen molar-refractivity contribution in [1.82, 2.24) is 4.90 Å². The maximum Gasteiger partial charge on any atom is 0.422 e. The van der Waals surface area contributed by atoms with Crippen LogP contribution in [0.1, 0.15) is 11.1 Å². The van der Waals surface area contributed by atoms with Gasteiger partial charge in [-0.25, -0.2) is 9.69 Å². The molecule has 0 radical (unpaired) electrons. The summed E-state index contributed by atoms with van der Waals surface area (Å²) in [4.78, 5) is 23.6. The van der Waals surface area contributed by atoms with Gasteiger partial charge in [0.2, 0.25) is 0 Å². The number of halogens is 1. The molecule has 7 heteroatoms. The summed E-state index contributed by atoms with van der Waals surface area (Å²) in [5, 5.41) is 11.1. The smallest absolute Gasteiger partial charge is 0.422 e. The van der Waals surface area contributed by atoms with Crippen LogP contribution in [0.4, 0.5) is 10.5 Å². The second-order valence-corrected chi connectivity index (χ2v) is 5.86. The highest BCUT2D eigenvalue weighted by atomic mass is 35.5. The molecule has 1 saturated heterocycles. The van der Waals surface area contributed by atoms with Crippen LogP contribution in [0.2, 0.25) is 5.02 Å². The summed E-state index contributed by atoms with van der Waals surface area (Å²) in [6.45, 7) is 0.241. The number of carbonyl (C=O) groups is 1. The van der Waals surface area contributed by atoms with Gasteiger partial charge < -0.3 is 4.74 Å². The monoisotopic (exact) mass is 356 g/mol. The molecule has 1 amide bonds. The van der Waals surface area contributed by atoms with E-state index in [1.807, 2.05) is 30.3 Å². The fourth-order valence-electron chi connectivity index (χ4n) is 2.48. The van der Waals surface area contributed by atoms with Crippen molar-refractivity contribution >= 4 is 23.4 Å². The minimum atomic E-state index is -0.532. The van der Waals surface area contributed by atoms with Gasteiger partial charge in [0.15, 0.2) is 0 Å².